The van der Waals surface area contributed by atoms with Gasteiger partial charge in [0.1, 0.15) is 6.04 Å². The highest BCUT2D eigenvalue weighted by molar-refractivity contribution is 5.99. The van der Waals surface area contributed by atoms with Crippen molar-refractivity contribution in [2.45, 2.75) is 32.4 Å². The van der Waals surface area contributed by atoms with Crippen LogP contribution in [0.25, 0.3) is 0 Å². The molecule has 124 valence electrons. The van der Waals surface area contributed by atoms with E-state index in [-0.39, 0.29) is 17.9 Å². The van der Waals surface area contributed by atoms with Gasteiger partial charge in [-0.25, -0.2) is 0 Å². The van der Waals surface area contributed by atoms with Crippen molar-refractivity contribution in [2.75, 3.05) is 6.54 Å². The summed E-state index contributed by atoms with van der Waals surface area (Å²) in [4.78, 5) is 27.1. The van der Waals surface area contributed by atoms with Crippen LogP contribution >= 0.6 is 0 Å². The van der Waals surface area contributed by atoms with Crippen LogP contribution in [0.3, 0.4) is 0 Å². The van der Waals surface area contributed by atoms with Gasteiger partial charge in [-0.2, -0.15) is 0 Å². The molecular weight excluding hydrogens is 300 g/mol. The molecule has 1 aliphatic rings. The van der Waals surface area contributed by atoms with Crippen molar-refractivity contribution in [1.29, 1.82) is 0 Å². The Kier molecular flexibility index (Phi) is 4.94. The lowest BCUT2D eigenvalue weighted by molar-refractivity contribution is -0.125. The predicted octanol–water partition coefficient (Wildman–Crippen LogP) is 2.92. The van der Waals surface area contributed by atoms with Crippen LogP contribution in [0.4, 0.5) is 0 Å². The molecule has 1 N–H and O–H groups in total. The summed E-state index contributed by atoms with van der Waals surface area (Å²) >= 11 is 0. The zero-order valence-corrected chi connectivity index (χ0v) is 13.9. The number of carbonyl (C=O) groups is 2. The van der Waals surface area contributed by atoms with Crippen molar-refractivity contribution in [2.24, 2.45) is 0 Å². The molecule has 0 radical (unpaired) electrons. The molecule has 2 amide bonds. The molecule has 3 rings (SSSR count). The van der Waals surface area contributed by atoms with E-state index in [2.05, 4.69) is 5.32 Å². The Balaban J connectivity index is 1.67. The minimum absolute atomic E-state index is 0.0505. The third-order valence-electron chi connectivity index (χ3n) is 4.50. The van der Waals surface area contributed by atoms with Crippen LogP contribution in [0, 0.1) is 6.92 Å². The standard InChI is InChI=1S/C20H22N2O2/c1-15-8-5-6-11-17(15)20(24)22-13-7-12-18(22)19(23)21-14-16-9-3-2-4-10-16/h2-6,8-11,18H,7,12-14H2,1H3,(H,21,23)/t18-/m1/s1. The number of carbonyl (C=O) groups excluding carboxylic acids is 2. The number of hydrogen-bond donors (Lipinski definition) is 1. The molecule has 24 heavy (non-hydrogen) atoms. The molecule has 1 aliphatic heterocycles. The Morgan fingerprint density at radius 1 is 1.08 bits per heavy atom. The van der Waals surface area contributed by atoms with E-state index in [9.17, 15) is 9.59 Å². The summed E-state index contributed by atoms with van der Waals surface area (Å²) in [6.45, 7) is 3.05. The maximum Gasteiger partial charge on any atom is 0.254 e. The monoisotopic (exact) mass is 322 g/mol. The Bertz CT molecular complexity index is 727. The van der Waals surface area contributed by atoms with Crippen molar-refractivity contribution in [3.8, 4) is 0 Å². The topological polar surface area (TPSA) is 49.4 Å². The minimum Gasteiger partial charge on any atom is -0.350 e. The van der Waals surface area contributed by atoms with E-state index < -0.39 is 0 Å². The van der Waals surface area contributed by atoms with Crippen molar-refractivity contribution in [3.05, 3.63) is 71.3 Å². The normalized spacial score (nSPS) is 16.9. The molecule has 4 nitrogen and oxygen atoms in total. The fourth-order valence-corrected chi connectivity index (χ4v) is 3.15. The number of nitrogens with one attached hydrogen (secondary N) is 1. The Morgan fingerprint density at radius 2 is 1.79 bits per heavy atom. The second-order valence-electron chi connectivity index (χ2n) is 6.17. The Morgan fingerprint density at radius 3 is 2.54 bits per heavy atom. The summed E-state index contributed by atoms with van der Waals surface area (Å²) in [6, 6.07) is 17.0. The summed E-state index contributed by atoms with van der Waals surface area (Å²) in [7, 11) is 0. The SMILES string of the molecule is Cc1ccccc1C(=O)N1CCC[C@@H]1C(=O)NCc1ccccc1. The van der Waals surface area contributed by atoms with E-state index in [1.165, 1.54) is 0 Å². The highest BCUT2D eigenvalue weighted by Crippen LogP contribution is 2.21. The maximum atomic E-state index is 12.8. The first-order valence-corrected chi connectivity index (χ1v) is 8.35. The number of nitrogens with zero attached hydrogens (tertiary/aromatic N) is 1. The van der Waals surface area contributed by atoms with Gasteiger partial charge in [0.15, 0.2) is 0 Å². The van der Waals surface area contributed by atoms with Gasteiger partial charge in [-0.05, 0) is 37.0 Å². The molecule has 4 heteroatoms. The molecule has 1 heterocycles. The molecule has 1 saturated heterocycles. The van der Waals surface area contributed by atoms with Crippen molar-refractivity contribution in [3.63, 3.8) is 0 Å². The average molecular weight is 322 g/mol. The lowest BCUT2D eigenvalue weighted by atomic mass is 10.1. The third-order valence-corrected chi connectivity index (χ3v) is 4.50. The quantitative estimate of drug-likeness (QED) is 0.941. The van der Waals surface area contributed by atoms with Crippen molar-refractivity contribution < 1.29 is 9.59 Å². The van der Waals surface area contributed by atoms with Crippen LogP contribution < -0.4 is 5.32 Å². The number of aryl methyl sites for hydroxylation is 1. The number of hydrogen-bond acceptors (Lipinski definition) is 2. The number of rotatable bonds is 4. The second kappa shape index (κ2) is 7.30. The number of benzene rings is 2. The van der Waals surface area contributed by atoms with Crippen LogP contribution in [0.15, 0.2) is 54.6 Å². The molecule has 1 atom stereocenters. The molecule has 0 aliphatic carbocycles. The van der Waals surface area contributed by atoms with E-state index >= 15 is 0 Å². The second-order valence-corrected chi connectivity index (χ2v) is 6.17. The molecule has 1 fully saturated rings. The first-order valence-electron chi connectivity index (χ1n) is 8.35. The molecule has 0 aromatic heterocycles. The fraction of sp³-hybridized carbons (Fsp3) is 0.300. The smallest absolute Gasteiger partial charge is 0.254 e. The zero-order valence-electron chi connectivity index (χ0n) is 13.9. The van der Waals surface area contributed by atoms with Gasteiger partial charge >= 0.3 is 0 Å². The van der Waals surface area contributed by atoms with E-state index in [1.54, 1.807) is 4.90 Å². The van der Waals surface area contributed by atoms with Gasteiger partial charge in [0.05, 0.1) is 0 Å². The Labute approximate surface area is 142 Å². The van der Waals surface area contributed by atoms with Crippen LogP contribution in [-0.2, 0) is 11.3 Å². The summed E-state index contributed by atoms with van der Waals surface area (Å²) < 4.78 is 0. The van der Waals surface area contributed by atoms with Crippen molar-refractivity contribution in [1.82, 2.24) is 10.2 Å². The van der Waals surface area contributed by atoms with Crippen LogP contribution in [0.2, 0.25) is 0 Å². The van der Waals surface area contributed by atoms with Gasteiger partial charge in [-0.3, -0.25) is 9.59 Å². The highest BCUT2D eigenvalue weighted by atomic mass is 16.2. The van der Waals surface area contributed by atoms with Crippen LogP contribution in [0.5, 0.6) is 0 Å². The molecule has 2 aromatic rings. The van der Waals surface area contributed by atoms with E-state index in [0.717, 1.165) is 24.0 Å². The first kappa shape index (κ1) is 16.2. The van der Waals surface area contributed by atoms with Crippen molar-refractivity contribution >= 4 is 11.8 Å². The van der Waals surface area contributed by atoms with Gasteiger partial charge in [-0.1, -0.05) is 48.5 Å². The number of amides is 2. The molecule has 0 bridgehead atoms. The van der Waals surface area contributed by atoms with Gasteiger partial charge in [0.2, 0.25) is 5.91 Å². The lowest BCUT2D eigenvalue weighted by Gasteiger charge is -2.24. The summed E-state index contributed by atoms with van der Waals surface area (Å²) in [5, 5.41) is 2.96. The summed E-state index contributed by atoms with van der Waals surface area (Å²) in [5.74, 6) is -0.122. The third kappa shape index (κ3) is 3.48. The lowest BCUT2D eigenvalue weighted by Crippen LogP contribution is -2.45. The maximum absolute atomic E-state index is 12.8. The highest BCUT2D eigenvalue weighted by Gasteiger charge is 2.34. The predicted molar refractivity (Wildman–Crippen MR) is 93.5 cm³/mol. The summed E-state index contributed by atoms with van der Waals surface area (Å²) in [5.41, 5.74) is 2.68. The molecule has 2 aromatic carbocycles. The molecule has 0 spiro atoms. The average Bonchev–Trinajstić information content (AvgIpc) is 3.10. The fourth-order valence-electron chi connectivity index (χ4n) is 3.15. The Hall–Kier alpha value is -2.62. The van der Waals surface area contributed by atoms with E-state index in [4.69, 9.17) is 0 Å². The number of likely N-dealkylation sites (tertiary alicyclic amines) is 1. The van der Waals surface area contributed by atoms with E-state index in [0.29, 0.717) is 18.7 Å². The molecule has 0 unspecified atom stereocenters. The zero-order chi connectivity index (χ0) is 16.9. The van der Waals surface area contributed by atoms with Gasteiger partial charge in [-0.15, -0.1) is 0 Å². The van der Waals surface area contributed by atoms with Crippen LogP contribution in [-0.4, -0.2) is 29.3 Å². The van der Waals surface area contributed by atoms with E-state index in [1.807, 2.05) is 61.5 Å². The largest absolute Gasteiger partial charge is 0.350 e. The van der Waals surface area contributed by atoms with Gasteiger partial charge in [0, 0.05) is 18.7 Å². The summed E-state index contributed by atoms with van der Waals surface area (Å²) in [6.07, 6.45) is 1.58. The van der Waals surface area contributed by atoms with Gasteiger partial charge in [0.25, 0.3) is 5.91 Å². The minimum atomic E-state index is -0.374. The molecular formula is C20H22N2O2. The van der Waals surface area contributed by atoms with Gasteiger partial charge < -0.3 is 10.2 Å². The first-order chi connectivity index (χ1) is 11.7. The van der Waals surface area contributed by atoms with Crippen LogP contribution in [0.1, 0.15) is 34.3 Å². The molecule has 0 saturated carbocycles.